The van der Waals surface area contributed by atoms with Crippen molar-refractivity contribution in [3.63, 3.8) is 0 Å². The Morgan fingerprint density at radius 2 is 1.84 bits per heavy atom. The molecule has 0 spiro atoms. The van der Waals surface area contributed by atoms with Crippen LogP contribution in [0.1, 0.15) is 27.3 Å². The molecule has 0 aliphatic heterocycles. The second kappa shape index (κ2) is 9.09. The van der Waals surface area contributed by atoms with Crippen LogP contribution in [-0.4, -0.2) is 21.6 Å². The first-order chi connectivity index (χ1) is 14.7. The van der Waals surface area contributed by atoms with Crippen molar-refractivity contribution < 1.29 is 14.7 Å². The SMILES string of the molecule is Cc1cc(/C=C(/C#N)C(=O)Nc2cccc(C(=O)O)c2)c(C)n1-c1cccc(Cl)c1Cl. The normalized spacial score (nSPS) is 11.1. The van der Waals surface area contributed by atoms with Crippen molar-refractivity contribution >= 4 is 46.8 Å². The molecule has 2 aromatic carbocycles. The van der Waals surface area contributed by atoms with Crippen LogP contribution in [0, 0.1) is 25.2 Å². The van der Waals surface area contributed by atoms with Crippen molar-refractivity contribution in [2.24, 2.45) is 0 Å². The highest BCUT2D eigenvalue weighted by atomic mass is 35.5. The predicted molar refractivity (Wildman–Crippen MR) is 121 cm³/mol. The van der Waals surface area contributed by atoms with Crippen LogP contribution >= 0.6 is 23.2 Å². The summed E-state index contributed by atoms with van der Waals surface area (Å²) in [7, 11) is 0. The van der Waals surface area contributed by atoms with Crippen LogP contribution in [0.4, 0.5) is 5.69 Å². The van der Waals surface area contributed by atoms with Gasteiger partial charge in [-0.2, -0.15) is 5.26 Å². The van der Waals surface area contributed by atoms with Gasteiger partial charge in [0.25, 0.3) is 5.91 Å². The van der Waals surface area contributed by atoms with Crippen molar-refractivity contribution in [1.82, 2.24) is 4.57 Å². The Bertz CT molecular complexity index is 1270. The maximum absolute atomic E-state index is 12.6. The number of nitrogens with zero attached hydrogens (tertiary/aromatic N) is 2. The zero-order valence-electron chi connectivity index (χ0n) is 16.6. The van der Waals surface area contributed by atoms with Gasteiger partial charge < -0.3 is 15.0 Å². The lowest BCUT2D eigenvalue weighted by Gasteiger charge is -2.12. The summed E-state index contributed by atoms with van der Waals surface area (Å²) in [5.41, 5.74) is 3.16. The molecule has 0 aliphatic carbocycles. The van der Waals surface area contributed by atoms with E-state index in [0.29, 0.717) is 21.3 Å². The van der Waals surface area contributed by atoms with Gasteiger partial charge in [0.05, 0.1) is 21.3 Å². The Labute approximate surface area is 188 Å². The molecule has 3 rings (SSSR count). The highest BCUT2D eigenvalue weighted by molar-refractivity contribution is 6.43. The fraction of sp³-hybridized carbons (Fsp3) is 0.0870. The number of benzene rings is 2. The lowest BCUT2D eigenvalue weighted by Crippen LogP contribution is -2.14. The van der Waals surface area contributed by atoms with Crippen molar-refractivity contribution in [1.29, 1.82) is 5.26 Å². The second-order valence-corrected chi connectivity index (χ2v) is 7.53. The Hall–Kier alpha value is -3.53. The molecule has 8 heteroatoms. The number of halogens is 2. The number of carbonyl (C=O) groups is 2. The second-order valence-electron chi connectivity index (χ2n) is 6.74. The molecule has 156 valence electrons. The molecule has 0 atom stereocenters. The largest absolute Gasteiger partial charge is 0.478 e. The number of anilines is 1. The summed E-state index contributed by atoms with van der Waals surface area (Å²) in [6.45, 7) is 3.73. The number of carboxylic acids is 1. The van der Waals surface area contributed by atoms with Gasteiger partial charge in [-0.1, -0.05) is 35.3 Å². The molecule has 0 unspecified atom stereocenters. The van der Waals surface area contributed by atoms with Crippen LogP contribution in [0.3, 0.4) is 0 Å². The molecule has 0 bridgehead atoms. The summed E-state index contributed by atoms with van der Waals surface area (Å²) in [6, 6.07) is 14.8. The number of carbonyl (C=O) groups excluding carboxylic acids is 1. The van der Waals surface area contributed by atoms with E-state index >= 15 is 0 Å². The smallest absolute Gasteiger partial charge is 0.335 e. The minimum Gasteiger partial charge on any atom is -0.478 e. The third kappa shape index (κ3) is 4.64. The summed E-state index contributed by atoms with van der Waals surface area (Å²) >= 11 is 12.5. The number of nitriles is 1. The van der Waals surface area contributed by atoms with Crippen LogP contribution in [0.2, 0.25) is 10.0 Å². The number of amides is 1. The molecule has 2 N–H and O–H groups in total. The van der Waals surface area contributed by atoms with E-state index in [1.54, 1.807) is 18.2 Å². The van der Waals surface area contributed by atoms with E-state index in [2.05, 4.69) is 5.32 Å². The molecule has 31 heavy (non-hydrogen) atoms. The first-order valence-electron chi connectivity index (χ1n) is 9.12. The number of carboxylic acid groups (broad SMARTS) is 1. The molecule has 3 aromatic rings. The average molecular weight is 454 g/mol. The van der Waals surface area contributed by atoms with Gasteiger partial charge in [0.2, 0.25) is 0 Å². The van der Waals surface area contributed by atoms with E-state index in [-0.39, 0.29) is 16.8 Å². The van der Waals surface area contributed by atoms with E-state index in [0.717, 1.165) is 11.4 Å². The first-order valence-corrected chi connectivity index (χ1v) is 9.88. The molecular formula is C23H17Cl2N3O3. The van der Waals surface area contributed by atoms with Crippen LogP contribution in [-0.2, 0) is 4.79 Å². The average Bonchev–Trinajstić information content (AvgIpc) is 3.01. The van der Waals surface area contributed by atoms with Crippen LogP contribution < -0.4 is 5.32 Å². The van der Waals surface area contributed by atoms with Crippen LogP contribution in [0.25, 0.3) is 11.8 Å². The van der Waals surface area contributed by atoms with Crippen LogP contribution in [0.5, 0.6) is 0 Å². The lowest BCUT2D eigenvalue weighted by molar-refractivity contribution is -0.112. The molecule has 1 heterocycles. The number of aromatic carboxylic acids is 1. The van der Waals surface area contributed by atoms with Gasteiger partial charge in [0.15, 0.2) is 0 Å². The summed E-state index contributed by atoms with van der Waals surface area (Å²) in [4.78, 5) is 23.7. The Morgan fingerprint density at radius 3 is 2.52 bits per heavy atom. The highest BCUT2D eigenvalue weighted by Gasteiger charge is 2.16. The fourth-order valence-corrected chi connectivity index (χ4v) is 3.58. The number of aromatic nitrogens is 1. The zero-order valence-corrected chi connectivity index (χ0v) is 18.1. The molecular weight excluding hydrogens is 437 g/mol. The van der Waals surface area contributed by atoms with Crippen molar-refractivity contribution in [3.05, 3.63) is 86.7 Å². The summed E-state index contributed by atoms with van der Waals surface area (Å²) < 4.78 is 1.89. The third-order valence-corrected chi connectivity index (χ3v) is 5.48. The number of rotatable bonds is 5. The molecule has 1 aromatic heterocycles. The first kappa shape index (κ1) is 22.2. The van der Waals surface area contributed by atoms with E-state index in [4.69, 9.17) is 28.3 Å². The van der Waals surface area contributed by atoms with Gasteiger partial charge in [-0.05, 0) is 61.9 Å². The van der Waals surface area contributed by atoms with Crippen molar-refractivity contribution in [3.8, 4) is 11.8 Å². The molecule has 0 radical (unpaired) electrons. The number of hydrogen-bond donors (Lipinski definition) is 2. The van der Waals surface area contributed by atoms with E-state index < -0.39 is 11.9 Å². The number of hydrogen-bond acceptors (Lipinski definition) is 3. The van der Waals surface area contributed by atoms with Crippen molar-refractivity contribution in [2.45, 2.75) is 13.8 Å². The standard InChI is InChI=1S/C23H17Cl2N3O3/c1-13-9-16(14(2)28(13)20-8-4-7-19(24)21(20)25)10-17(12-26)22(29)27-18-6-3-5-15(11-18)23(30)31/h3-11H,1-2H3,(H,27,29)(H,30,31)/b17-10-. The number of nitrogens with one attached hydrogen (secondary N) is 1. The summed E-state index contributed by atoms with van der Waals surface area (Å²) in [6.07, 6.45) is 1.48. The Morgan fingerprint density at radius 1 is 1.13 bits per heavy atom. The fourth-order valence-electron chi connectivity index (χ4n) is 3.20. The van der Waals surface area contributed by atoms with E-state index in [9.17, 15) is 14.9 Å². The maximum atomic E-state index is 12.6. The van der Waals surface area contributed by atoms with Crippen LogP contribution in [0.15, 0.2) is 54.1 Å². The Balaban J connectivity index is 1.95. The van der Waals surface area contributed by atoms with E-state index in [1.165, 1.54) is 24.3 Å². The minimum absolute atomic E-state index is 0.0298. The monoisotopic (exact) mass is 453 g/mol. The summed E-state index contributed by atoms with van der Waals surface area (Å²) in [5, 5.41) is 22.0. The third-order valence-electron chi connectivity index (χ3n) is 4.67. The quantitative estimate of drug-likeness (QED) is 0.385. The molecule has 0 saturated carbocycles. The maximum Gasteiger partial charge on any atom is 0.335 e. The molecule has 0 fully saturated rings. The Kier molecular flexibility index (Phi) is 6.50. The lowest BCUT2D eigenvalue weighted by atomic mass is 10.1. The van der Waals surface area contributed by atoms with Gasteiger partial charge >= 0.3 is 5.97 Å². The minimum atomic E-state index is -1.11. The highest BCUT2D eigenvalue weighted by Crippen LogP contribution is 2.32. The molecule has 6 nitrogen and oxygen atoms in total. The zero-order chi connectivity index (χ0) is 22.7. The molecule has 0 aliphatic rings. The summed E-state index contributed by atoms with van der Waals surface area (Å²) in [5.74, 6) is -1.75. The van der Waals surface area contributed by atoms with Gasteiger partial charge in [-0.15, -0.1) is 0 Å². The predicted octanol–water partition coefficient (Wildman–Crippen LogP) is 5.64. The van der Waals surface area contributed by atoms with Crippen molar-refractivity contribution in [2.75, 3.05) is 5.32 Å². The van der Waals surface area contributed by atoms with Gasteiger partial charge in [0.1, 0.15) is 11.6 Å². The number of aryl methyl sites for hydroxylation is 1. The topological polar surface area (TPSA) is 95.1 Å². The molecule has 0 saturated heterocycles. The van der Waals surface area contributed by atoms with Gasteiger partial charge in [-0.3, -0.25) is 4.79 Å². The van der Waals surface area contributed by atoms with Gasteiger partial charge in [0, 0.05) is 17.1 Å². The van der Waals surface area contributed by atoms with E-state index in [1.807, 2.05) is 36.6 Å². The molecule has 1 amide bonds. The van der Waals surface area contributed by atoms with Gasteiger partial charge in [-0.25, -0.2) is 4.79 Å².